The summed E-state index contributed by atoms with van der Waals surface area (Å²) in [6, 6.07) is 10.6. The molecule has 0 radical (unpaired) electrons. The minimum absolute atomic E-state index is 0.175. The Kier molecular flexibility index (Phi) is 7.27. The van der Waals surface area contributed by atoms with Crippen molar-refractivity contribution in [3.05, 3.63) is 60.3 Å². The van der Waals surface area contributed by atoms with Crippen molar-refractivity contribution < 1.29 is 14.3 Å². The van der Waals surface area contributed by atoms with Crippen LogP contribution in [0.2, 0.25) is 0 Å². The van der Waals surface area contributed by atoms with E-state index in [9.17, 15) is 14.9 Å². The zero-order valence-electron chi connectivity index (χ0n) is 17.2. The lowest BCUT2D eigenvalue weighted by atomic mass is 9.98. The Balaban J connectivity index is 2.28. The number of hydrogen-bond acceptors (Lipinski definition) is 5. The molecule has 29 heavy (non-hydrogen) atoms. The normalized spacial score (nSPS) is 11.4. The molecular formula is C23H25N3O3. The molecule has 0 aliphatic rings. The predicted octanol–water partition coefficient (Wildman–Crippen LogP) is 4.96. The maximum Gasteiger partial charge on any atom is 0.257 e. The summed E-state index contributed by atoms with van der Waals surface area (Å²) >= 11 is 0. The van der Waals surface area contributed by atoms with E-state index in [4.69, 9.17) is 4.74 Å². The standard InChI is InChI=1S/C23H25N3O3/c1-6-16(5)23(28)26(22(27)7-2)18-9-11-21(25-14-18)29-19-10-8-17(13-24)20(12-19)15(3)4/h7-12,14-16H,2,6H2,1,3-5H3. The van der Waals surface area contributed by atoms with E-state index in [-0.39, 0.29) is 17.7 Å². The summed E-state index contributed by atoms with van der Waals surface area (Å²) in [5.74, 6) is -0.0599. The van der Waals surface area contributed by atoms with Crippen LogP contribution >= 0.6 is 0 Å². The number of amides is 2. The van der Waals surface area contributed by atoms with E-state index in [0.717, 1.165) is 16.5 Å². The van der Waals surface area contributed by atoms with Crippen molar-refractivity contribution >= 4 is 17.5 Å². The number of nitriles is 1. The topological polar surface area (TPSA) is 83.3 Å². The van der Waals surface area contributed by atoms with Crippen molar-refractivity contribution in [2.24, 2.45) is 5.92 Å². The quantitative estimate of drug-likeness (QED) is 0.623. The van der Waals surface area contributed by atoms with Crippen LogP contribution in [0.15, 0.2) is 49.2 Å². The largest absolute Gasteiger partial charge is 0.439 e. The number of rotatable bonds is 7. The molecule has 0 spiro atoms. The fraction of sp³-hybridized carbons (Fsp3) is 0.304. The van der Waals surface area contributed by atoms with Gasteiger partial charge in [0.2, 0.25) is 11.8 Å². The van der Waals surface area contributed by atoms with E-state index < -0.39 is 5.91 Å². The van der Waals surface area contributed by atoms with Crippen LogP contribution in [0.1, 0.15) is 51.2 Å². The molecule has 1 unspecified atom stereocenters. The van der Waals surface area contributed by atoms with Crippen LogP contribution in [-0.2, 0) is 9.59 Å². The second-order valence-electron chi connectivity index (χ2n) is 7.00. The Labute approximate surface area is 171 Å². The van der Waals surface area contributed by atoms with E-state index in [0.29, 0.717) is 29.3 Å². The molecule has 0 fully saturated rings. The van der Waals surface area contributed by atoms with Crippen molar-refractivity contribution in [2.45, 2.75) is 40.0 Å². The van der Waals surface area contributed by atoms with Gasteiger partial charge in [-0.3, -0.25) is 9.59 Å². The summed E-state index contributed by atoms with van der Waals surface area (Å²) in [7, 11) is 0. The molecule has 1 heterocycles. The highest BCUT2D eigenvalue weighted by Crippen LogP contribution is 2.28. The van der Waals surface area contributed by atoms with E-state index in [1.54, 1.807) is 31.2 Å². The van der Waals surface area contributed by atoms with Crippen LogP contribution in [0.25, 0.3) is 0 Å². The Morgan fingerprint density at radius 1 is 1.28 bits per heavy atom. The molecule has 1 aromatic carbocycles. The second kappa shape index (κ2) is 9.65. The molecule has 2 rings (SSSR count). The van der Waals surface area contributed by atoms with Gasteiger partial charge in [-0.05, 0) is 48.2 Å². The van der Waals surface area contributed by atoms with E-state index in [1.807, 2.05) is 26.8 Å². The van der Waals surface area contributed by atoms with Gasteiger partial charge >= 0.3 is 0 Å². The average molecular weight is 391 g/mol. The lowest BCUT2D eigenvalue weighted by molar-refractivity contribution is -0.126. The molecular weight excluding hydrogens is 366 g/mol. The third kappa shape index (κ3) is 5.08. The van der Waals surface area contributed by atoms with Crippen LogP contribution in [-0.4, -0.2) is 16.8 Å². The third-order valence-electron chi connectivity index (χ3n) is 4.62. The van der Waals surface area contributed by atoms with Crippen molar-refractivity contribution in [3.63, 3.8) is 0 Å². The average Bonchev–Trinajstić information content (AvgIpc) is 2.74. The Morgan fingerprint density at radius 3 is 2.52 bits per heavy atom. The number of hydrogen-bond donors (Lipinski definition) is 0. The van der Waals surface area contributed by atoms with Crippen LogP contribution in [0.3, 0.4) is 0 Å². The van der Waals surface area contributed by atoms with Gasteiger partial charge in [-0.2, -0.15) is 5.26 Å². The minimum Gasteiger partial charge on any atom is -0.439 e. The highest BCUT2D eigenvalue weighted by Gasteiger charge is 2.25. The molecule has 0 aliphatic heterocycles. The van der Waals surface area contributed by atoms with Crippen LogP contribution in [0.4, 0.5) is 5.69 Å². The maximum atomic E-state index is 12.6. The smallest absolute Gasteiger partial charge is 0.257 e. The molecule has 0 N–H and O–H groups in total. The SMILES string of the molecule is C=CC(=O)N(C(=O)C(C)CC)c1ccc(Oc2ccc(C#N)c(C(C)C)c2)nc1. The molecule has 1 aromatic heterocycles. The van der Waals surface area contributed by atoms with Crippen molar-refractivity contribution in [3.8, 4) is 17.7 Å². The first-order chi connectivity index (χ1) is 13.8. The number of anilines is 1. The van der Waals surface area contributed by atoms with E-state index in [2.05, 4.69) is 17.6 Å². The maximum absolute atomic E-state index is 12.6. The first-order valence-corrected chi connectivity index (χ1v) is 9.50. The fourth-order valence-corrected chi connectivity index (χ4v) is 2.72. The summed E-state index contributed by atoms with van der Waals surface area (Å²) < 4.78 is 5.79. The number of imide groups is 1. The lowest BCUT2D eigenvalue weighted by Gasteiger charge is -2.22. The molecule has 0 saturated heterocycles. The van der Waals surface area contributed by atoms with Gasteiger partial charge < -0.3 is 4.74 Å². The summed E-state index contributed by atoms with van der Waals surface area (Å²) in [5, 5.41) is 9.23. The fourth-order valence-electron chi connectivity index (χ4n) is 2.72. The number of ether oxygens (including phenoxy) is 1. The number of carbonyl (C=O) groups excluding carboxylic acids is 2. The molecule has 2 amide bonds. The summed E-state index contributed by atoms with van der Waals surface area (Å²) in [4.78, 5) is 30.1. The molecule has 150 valence electrons. The molecule has 6 heteroatoms. The Morgan fingerprint density at radius 2 is 2.00 bits per heavy atom. The zero-order chi connectivity index (χ0) is 21.6. The Bertz CT molecular complexity index is 943. The van der Waals surface area contributed by atoms with Crippen molar-refractivity contribution in [1.29, 1.82) is 5.26 Å². The number of aromatic nitrogens is 1. The van der Waals surface area contributed by atoms with Gasteiger partial charge in [-0.15, -0.1) is 0 Å². The Hall–Kier alpha value is -3.46. The number of carbonyl (C=O) groups is 2. The molecule has 6 nitrogen and oxygen atoms in total. The van der Waals surface area contributed by atoms with Gasteiger partial charge in [0.1, 0.15) is 5.75 Å². The molecule has 2 aromatic rings. The first-order valence-electron chi connectivity index (χ1n) is 9.50. The monoisotopic (exact) mass is 391 g/mol. The number of nitrogens with zero attached hydrogens (tertiary/aromatic N) is 3. The minimum atomic E-state index is -0.501. The van der Waals surface area contributed by atoms with E-state index >= 15 is 0 Å². The van der Waals surface area contributed by atoms with Gasteiger partial charge in [0.05, 0.1) is 23.5 Å². The molecule has 0 bridgehead atoms. The van der Waals surface area contributed by atoms with E-state index in [1.165, 1.54) is 6.20 Å². The molecule has 0 aliphatic carbocycles. The van der Waals surface area contributed by atoms with Crippen molar-refractivity contribution in [2.75, 3.05) is 4.90 Å². The van der Waals surface area contributed by atoms with Gasteiger partial charge in [0.25, 0.3) is 5.91 Å². The van der Waals surface area contributed by atoms with Crippen LogP contribution in [0.5, 0.6) is 11.6 Å². The summed E-state index contributed by atoms with van der Waals surface area (Å²) in [5.41, 5.74) is 1.86. The second-order valence-corrected chi connectivity index (χ2v) is 7.00. The van der Waals surface area contributed by atoms with Crippen molar-refractivity contribution in [1.82, 2.24) is 4.98 Å². The number of pyridine rings is 1. The predicted molar refractivity (Wildman–Crippen MR) is 112 cm³/mol. The highest BCUT2D eigenvalue weighted by atomic mass is 16.5. The number of benzene rings is 1. The highest BCUT2D eigenvalue weighted by molar-refractivity contribution is 6.19. The van der Waals surface area contributed by atoms with Gasteiger partial charge in [0.15, 0.2) is 0 Å². The zero-order valence-corrected chi connectivity index (χ0v) is 17.2. The van der Waals surface area contributed by atoms with Gasteiger partial charge in [-0.25, -0.2) is 9.88 Å². The molecule has 1 atom stereocenters. The summed E-state index contributed by atoms with van der Waals surface area (Å²) in [6.45, 7) is 11.1. The summed E-state index contributed by atoms with van der Waals surface area (Å²) in [6.07, 6.45) is 3.14. The third-order valence-corrected chi connectivity index (χ3v) is 4.62. The lowest BCUT2D eigenvalue weighted by Crippen LogP contribution is -2.39. The first kappa shape index (κ1) is 21.8. The van der Waals surface area contributed by atoms with Crippen LogP contribution < -0.4 is 9.64 Å². The van der Waals surface area contributed by atoms with Gasteiger partial charge in [-0.1, -0.05) is 34.3 Å². The molecule has 0 saturated carbocycles. The van der Waals surface area contributed by atoms with Crippen LogP contribution in [0, 0.1) is 17.2 Å². The van der Waals surface area contributed by atoms with Gasteiger partial charge in [0, 0.05) is 12.0 Å².